The van der Waals surface area contributed by atoms with Gasteiger partial charge in [0.25, 0.3) is 0 Å². The molecule has 0 heteroatoms. The first kappa shape index (κ1) is 9.45. The van der Waals surface area contributed by atoms with Gasteiger partial charge in [-0.05, 0) is 48.0 Å². The zero-order valence-electron chi connectivity index (χ0n) is 9.69. The van der Waals surface area contributed by atoms with Crippen LogP contribution in [0.1, 0.15) is 38.2 Å². The lowest BCUT2D eigenvalue weighted by Crippen LogP contribution is -2.22. The van der Waals surface area contributed by atoms with Gasteiger partial charge in [-0.2, -0.15) is 0 Å². The minimum Gasteiger partial charge on any atom is -0.0622 e. The van der Waals surface area contributed by atoms with Crippen molar-refractivity contribution in [2.24, 2.45) is 23.7 Å². The maximum absolute atomic E-state index is 2.46. The largest absolute Gasteiger partial charge is 0.0622 e. The van der Waals surface area contributed by atoms with Gasteiger partial charge in [-0.1, -0.05) is 44.2 Å². The zero-order chi connectivity index (χ0) is 10.4. The number of hydrogen-bond donors (Lipinski definition) is 0. The molecule has 1 aromatic rings. The predicted molar refractivity (Wildman–Crippen MR) is 63.7 cm³/mol. The first-order valence-corrected chi connectivity index (χ1v) is 6.32. The average molecular weight is 200 g/mol. The van der Waals surface area contributed by atoms with Gasteiger partial charge < -0.3 is 0 Å². The molecule has 2 aliphatic carbocycles. The molecule has 3 rings (SSSR count). The normalized spacial score (nSPS) is 43.5. The molecular weight excluding hydrogens is 180 g/mol. The van der Waals surface area contributed by atoms with Crippen molar-refractivity contribution in [1.82, 2.24) is 0 Å². The highest BCUT2D eigenvalue weighted by molar-refractivity contribution is 5.23. The Bertz CT molecular complexity index is 338. The summed E-state index contributed by atoms with van der Waals surface area (Å²) in [5.74, 6) is 4.74. The summed E-state index contributed by atoms with van der Waals surface area (Å²) in [5, 5.41) is 0. The molecule has 15 heavy (non-hydrogen) atoms. The van der Waals surface area contributed by atoms with Crippen molar-refractivity contribution in [3.8, 4) is 0 Å². The van der Waals surface area contributed by atoms with E-state index in [1.807, 2.05) is 0 Å². The Hall–Kier alpha value is -0.780. The van der Waals surface area contributed by atoms with Crippen LogP contribution in [-0.4, -0.2) is 0 Å². The van der Waals surface area contributed by atoms with E-state index in [0.29, 0.717) is 0 Å². The third kappa shape index (κ3) is 1.34. The van der Waals surface area contributed by atoms with Crippen molar-refractivity contribution >= 4 is 0 Å². The predicted octanol–water partition coefficient (Wildman–Crippen LogP) is 4.08. The molecule has 80 valence electrons. The molecule has 0 nitrogen and oxygen atoms in total. The van der Waals surface area contributed by atoms with Crippen LogP contribution in [0.5, 0.6) is 0 Å². The Balaban J connectivity index is 1.87. The summed E-state index contributed by atoms with van der Waals surface area (Å²) in [6.07, 6.45) is 2.93. The van der Waals surface area contributed by atoms with Crippen LogP contribution >= 0.6 is 0 Å². The summed E-state index contributed by atoms with van der Waals surface area (Å²) in [6, 6.07) is 11.2. The smallest absolute Gasteiger partial charge is 0.0128 e. The molecule has 5 atom stereocenters. The molecule has 0 amide bonds. The van der Waals surface area contributed by atoms with E-state index < -0.39 is 0 Å². The molecule has 0 aromatic heterocycles. The minimum absolute atomic E-state index is 0.863. The van der Waals surface area contributed by atoms with Crippen molar-refractivity contribution in [2.75, 3.05) is 0 Å². The van der Waals surface area contributed by atoms with Crippen molar-refractivity contribution in [3.05, 3.63) is 35.9 Å². The first-order chi connectivity index (χ1) is 7.27. The molecule has 1 aromatic carbocycles. The molecule has 2 fully saturated rings. The van der Waals surface area contributed by atoms with Gasteiger partial charge in [0.1, 0.15) is 0 Å². The summed E-state index contributed by atoms with van der Waals surface area (Å²) >= 11 is 0. The number of benzene rings is 1. The zero-order valence-corrected chi connectivity index (χ0v) is 9.69. The topological polar surface area (TPSA) is 0 Å². The third-order valence-corrected chi connectivity index (χ3v) is 5.12. The lowest BCUT2D eigenvalue weighted by molar-refractivity contribution is 0.232. The van der Waals surface area contributed by atoms with E-state index in [1.54, 1.807) is 5.56 Å². The second kappa shape index (κ2) is 3.37. The van der Waals surface area contributed by atoms with Crippen LogP contribution in [0, 0.1) is 23.7 Å². The van der Waals surface area contributed by atoms with E-state index >= 15 is 0 Å². The van der Waals surface area contributed by atoms with Crippen LogP contribution in [0.4, 0.5) is 0 Å². The number of fused-ring (bicyclic) bond motifs is 2. The van der Waals surface area contributed by atoms with Gasteiger partial charge in [0, 0.05) is 0 Å². The lowest BCUT2D eigenvalue weighted by atomic mass is 9.73. The Morgan fingerprint density at radius 3 is 2.27 bits per heavy atom. The molecule has 0 aliphatic heterocycles. The fourth-order valence-electron chi connectivity index (χ4n) is 4.02. The van der Waals surface area contributed by atoms with Gasteiger partial charge in [-0.25, -0.2) is 0 Å². The minimum atomic E-state index is 0.863. The Morgan fingerprint density at radius 2 is 1.67 bits per heavy atom. The van der Waals surface area contributed by atoms with Crippen molar-refractivity contribution in [3.63, 3.8) is 0 Å². The lowest BCUT2D eigenvalue weighted by Gasteiger charge is -2.32. The van der Waals surface area contributed by atoms with E-state index in [-0.39, 0.29) is 0 Å². The Kier molecular flexibility index (Phi) is 2.12. The van der Waals surface area contributed by atoms with Gasteiger partial charge in [-0.3, -0.25) is 0 Å². The number of rotatable bonds is 1. The summed E-state index contributed by atoms with van der Waals surface area (Å²) in [6.45, 7) is 4.92. The van der Waals surface area contributed by atoms with Crippen LogP contribution in [-0.2, 0) is 0 Å². The van der Waals surface area contributed by atoms with Crippen LogP contribution in [0.3, 0.4) is 0 Å². The molecular formula is C15H20. The average Bonchev–Trinajstić information content (AvgIpc) is 2.82. The van der Waals surface area contributed by atoms with E-state index in [2.05, 4.69) is 44.2 Å². The highest BCUT2D eigenvalue weighted by Crippen LogP contribution is 2.58. The molecule has 0 N–H and O–H groups in total. The van der Waals surface area contributed by atoms with Gasteiger partial charge in [0.15, 0.2) is 0 Å². The van der Waals surface area contributed by atoms with Crippen molar-refractivity contribution in [2.45, 2.75) is 32.6 Å². The molecule has 2 aliphatic rings. The van der Waals surface area contributed by atoms with E-state index in [9.17, 15) is 0 Å². The fourth-order valence-corrected chi connectivity index (χ4v) is 4.02. The van der Waals surface area contributed by atoms with Crippen molar-refractivity contribution in [1.29, 1.82) is 0 Å². The van der Waals surface area contributed by atoms with E-state index in [0.717, 1.165) is 29.6 Å². The molecule has 0 spiro atoms. The maximum Gasteiger partial charge on any atom is -0.0128 e. The third-order valence-electron chi connectivity index (χ3n) is 5.12. The van der Waals surface area contributed by atoms with Gasteiger partial charge >= 0.3 is 0 Å². The van der Waals surface area contributed by atoms with Crippen LogP contribution in [0.15, 0.2) is 30.3 Å². The molecule has 2 saturated carbocycles. The summed E-state index contributed by atoms with van der Waals surface area (Å²) < 4.78 is 0. The Labute approximate surface area is 92.7 Å². The van der Waals surface area contributed by atoms with E-state index in [4.69, 9.17) is 0 Å². The van der Waals surface area contributed by atoms with Crippen LogP contribution < -0.4 is 0 Å². The van der Waals surface area contributed by atoms with Gasteiger partial charge in [-0.15, -0.1) is 0 Å². The monoisotopic (exact) mass is 200 g/mol. The number of hydrogen-bond acceptors (Lipinski definition) is 0. The molecule has 0 radical (unpaired) electrons. The standard InChI is InChI=1S/C15H20/c1-10-11(2)14-8-13(10)9-15(14)12-6-4-3-5-7-12/h3-7,10-11,13-15H,8-9H2,1-2H3/t10?,11?,13-,14+,15+/m0/s1. The van der Waals surface area contributed by atoms with Gasteiger partial charge in [0.05, 0.1) is 0 Å². The molecule has 0 heterocycles. The molecule has 2 unspecified atom stereocenters. The van der Waals surface area contributed by atoms with Crippen molar-refractivity contribution < 1.29 is 0 Å². The summed E-state index contributed by atoms with van der Waals surface area (Å²) in [7, 11) is 0. The quantitative estimate of drug-likeness (QED) is 0.640. The molecule has 0 saturated heterocycles. The summed E-state index contributed by atoms with van der Waals surface area (Å²) in [5.41, 5.74) is 1.59. The Morgan fingerprint density at radius 1 is 0.933 bits per heavy atom. The maximum atomic E-state index is 2.46. The molecule has 2 bridgehead atoms. The SMILES string of the molecule is CC1C(C)[C@H]2C[C@H]1C[C@@H]2c1ccccc1. The fraction of sp³-hybridized carbons (Fsp3) is 0.600. The highest BCUT2D eigenvalue weighted by atomic mass is 14.5. The van der Waals surface area contributed by atoms with E-state index in [1.165, 1.54) is 12.8 Å². The second-order valence-electron chi connectivity index (χ2n) is 5.63. The first-order valence-electron chi connectivity index (χ1n) is 6.32. The van der Waals surface area contributed by atoms with Gasteiger partial charge in [0.2, 0.25) is 0 Å². The summed E-state index contributed by atoms with van der Waals surface area (Å²) in [4.78, 5) is 0. The van der Waals surface area contributed by atoms with Crippen LogP contribution in [0.25, 0.3) is 0 Å². The van der Waals surface area contributed by atoms with Crippen LogP contribution in [0.2, 0.25) is 0 Å². The second-order valence-corrected chi connectivity index (χ2v) is 5.63. The highest BCUT2D eigenvalue weighted by Gasteiger charge is 2.48.